The Bertz CT molecular complexity index is 925. The first kappa shape index (κ1) is 18.0. The molecular formula is C22H27NO4. The van der Waals surface area contributed by atoms with E-state index in [1.165, 1.54) is 0 Å². The highest BCUT2D eigenvalue weighted by molar-refractivity contribution is 5.75. The van der Waals surface area contributed by atoms with Gasteiger partial charge in [0.1, 0.15) is 0 Å². The normalized spacial score (nSPS) is 20.4. The highest BCUT2D eigenvalue weighted by atomic mass is 16.7. The van der Waals surface area contributed by atoms with Crippen LogP contribution in [0.1, 0.15) is 51.4 Å². The van der Waals surface area contributed by atoms with E-state index in [1.54, 1.807) is 0 Å². The summed E-state index contributed by atoms with van der Waals surface area (Å²) < 4.78 is 20.2. The van der Waals surface area contributed by atoms with E-state index in [2.05, 4.69) is 16.7 Å². The van der Waals surface area contributed by atoms with Gasteiger partial charge in [-0.1, -0.05) is 0 Å². The first-order valence-corrected chi connectivity index (χ1v) is 9.60. The molecule has 144 valence electrons. The van der Waals surface area contributed by atoms with Crippen molar-refractivity contribution in [2.45, 2.75) is 59.5 Å². The Morgan fingerprint density at radius 2 is 2.07 bits per heavy atom. The maximum atomic E-state index is 10.3. The fourth-order valence-electron chi connectivity index (χ4n) is 4.15. The first-order valence-electron chi connectivity index (χ1n) is 9.60. The zero-order valence-corrected chi connectivity index (χ0v) is 16.6. The Labute approximate surface area is 160 Å². The van der Waals surface area contributed by atoms with Crippen LogP contribution in [0.3, 0.4) is 0 Å². The van der Waals surface area contributed by atoms with E-state index in [1.807, 2.05) is 46.8 Å². The van der Waals surface area contributed by atoms with Gasteiger partial charge in [0, 0.05) is 36.9 Å². The molecule has 1 aromatic heterocycles. The molecule has 2 aliphatic rings. The summed E-state index contributed by atoms with van der Waals surface area (Å²) in [5.41, 5.74) is 5.50. The molecule has 1 unspecified atom stereocenters. The Balaban J connectivity index is 1.89. The van der Waals surface area contributed by atoms with Crippen molar-refractivity contribution in [3.05, 3.63) is 40.8 Å². The van der Waals surface area contributed by atoms with E-state index in [4.69, 9.17) is 14.2 Å². The molecule has 0 fully saturated rings. The lowest BCUT2D eigenvalue weighted by Gasteiger charge is -2.34. The standard InChI is InChI=1S/C22H27NO4/c1-6-25-22(5)17-12-18-16-11-21(26-13(2)3)20(24)10-15(16)7-8-23(18)19(17)9-14(4)27-22/h9-13,24H,6-8H2,1-5H3. The predicted octanol–water partition coefficient (Wildman–Crippen LogP) is 4.80. The highest BCUT2D eigenvalue weighted by Gasteiger charge is 2.38. The van der Waals surface area contributed by atoms with Gasteiger partial charge in [0.25, 0.3) is 0 Å². The SMILES string of the molecule is CCOC1(C)OC(C)=Cc2c1cc1n2CCc2cc(O)c(OC(C)C)cc2-1. The molecule has 0 amide bonds. The lowest BCUT2D eigenvalue weighted by atomic mass is 9.97. The molecule has 27 heavy (non-hydrogen) atoms. The zero-order chi connectivity index (χ0) is 19.3. The Kier molecular flexibility index (Phi) is 4.22. The fraction of sp³-hybridized carbons (Fsp3) is 0.455. The third-order valence-corrected chi connectivity index (χ3v) is 5.17. The minimum atomic E-state index is -0.790. The molecule has 1 aromatic carbocycles. The quantitative estimate of drug-likeness (QED) is 0.841. The molecule has 0 saturated heterocycles. The van der Waals surface area contributed by atoms with Crippen molar-refractivity contribution in [3.63, 3.8) is 0 Å². The summed E-state index contributed by atoms with van der Waals surface area (Å²) in [4.78, 5) is 0. The van der Waals surface area contributed by atoms with Crippen molar-refractivity contribution in [2.75, 3.05) is 6.61 Å². The molecule has 3 heterocycles. The van der Waals surface area contributed by atoms with Crippen LogP contribution in [0.4, 0.5) is 0 Å². The number of benzene rings is 1. The van der Waals surface area contributed by atoms with Crippen LogP contribution >= 0.6 is 0 Å². The molecule has 1 atom stereocenters. The Hall–Kier alpha value is -2.40. The van der Waals surface area contributed by atoms with Gasteiger partial charge in [0.2, 0.25) is 5.79 Å². The smallest absolute Gasteiger partial charge is 0.236 e. The van der Waals surface area contributed by atoms with E-state index in [0.717, 1.165) is 46.8 Å². The topological polar surface area (TPSA) is 52.9 Å². The van der Waals surface area contributed by atoms with Crippen LogP contribution in [0.2, 0.25) is 0 Å². The van der Waals surface area contributed by atoms with Gasteiger partial charge in [-0.15, -0.1) is 0 Å². The van der Waals surface area contributed by atoms with E-state index in [0.29, 0.717) is 12.4 Å². The molecule has 5 nitrogen and oxygen atoms in total. The number of hydrogen-bond donors (Lipinski definition) is 1. The number of phenols is 1. The lowest BCUT2D eigenvalue weighted by Crippen LogP contribution is -2.32. The van der Waals surface area contributed by atoms with Crippen molar-refractivity contribution in [2.24, 2.45) is 0 Å². The third-order valence-electron chi connectivity index (χ3n) is 5.17. The van der Waals surface area contributed by atoms with Crippen LogP contribution in [0.15, 0.2) is 24.0 Å². The second kappa shape index (κ2) is 6.34. The van der Waals surface area contributed by atoms with Gasteiger partial charge < -0.3 is 23.9 Å². The van der Waals surface area contributed by atoms with Crippen LogP contribution in [-0.2, 0) is 28.2 Å². The van der Waals surface area contributed by atoms with Gasteiger partial charge >= 0.3 is 0 Å². The van der Waals surface area contributed by atoms with Crippen molar-refractivity contribution in [1.82, 2.24) is 4.57 Å². The maximum Gasteiger partial charge on any atom is 0.236 e. The predicted molar refractivity (Wildman–Crippen MR) is 105 cm³/mol. The second-order valence-electron chi connectivity index (χ2n) is 7.61. The molecule has 5 heteroatoms. The minimum Gasteiger partial charge on any atom is -0.504 e. The van der Waals surface area contributed by atoms with Crippen molar-refractivity contribution < 1.29 is 19.3 Å². The highest BCUT2D eigenvalue weighted by Crippen LogP contribution is 2.45. The number of fused-ring (bicyclic) bond motifs is 5. The van der Waals surface area contributed by atoms with Crippen molar-refractivity contribution >= 4 is 6.08 Å². The number of hydrogen-bond acceptors (Lipinski definition) is 4. The monoisotopic (exact) mass is 369 g/mol. The minimum absolute atomic E-state index is 0.00207. The number of phenolic OH excluding ortho intramolecular Hbond substituents is 1. The Morgan fingerprint density at radius 3 is 2.78 bits per heavy atom. The summed E-state index contributed by atoms with van der Waals surface area (Å²) in [6, 6.07) is 5.94. The third kappa shape index (κ3) is 2.90. The molecule has 2 aliphatic heterocycles. The van der Waals surface area contributed by atoms with Gasteiger partial charge in [-0.25, -0.2) is 0 Å². The number of aryl methyl sites for hydroxylation is 1. The molecule has 0 radical (unpaired) electrons. The lowest BCUT2D eigenvalue weighted by molar-refractivity contribution is -0.210. The number of aromatic nitrogens is 1. The van der Waals surface area contributed by atoms with Gasteiger partial charge in [-0.3, -0.25) is 0 Å². The number of ether oxygens (including phenoxy) is 3. The van der Waals surface area contributed by atoms with Gasteiger partial charge in [0.05, 0.1) is 17.6 Å². The van der Waals surface area contributed by atoms with Crippen LogP contribution in [-0.4, -0.2) is 22.4 Å². The molecular weight excluding hydrogens is 342 g/mol. The van der Waals surface area contributed by atoms with Crippen molar-refractivity contribution in [1.29, 1.82) is 0 Å². The number of aromatic hydroxyl groups is 1. The average Bonchev–Trinajstić information content (AvgIpc) is 2.95. The van der Waals surface area contributed by atoms with Gasteiger partial charge in [-0.05, 0) is 64.0 Å². The number of nitrogens with zero attached hydrogens (tertiary/aromatic N) is 1. The summed E-state index contributed by atoms with van der Waals surface area (Å²) in [7, 11) is 0. The maximum absolute atomic E-state index is 10.3. The molecule has 0 spiro atoms. The van der Waals surface area contributed by atoms with Crippen LogP contribution in [0.25, 0.3) is 17.3 Å². The Morgan fingerprint density at radius 1 is 1.30 bits per heavy atom. The average molecular weight is 369 g/mol. The van der Waals surface area contributed by atoms with Gasteiger partial charge in [-0.2, -0.15) is 0 Å². The van der Waals surface area contributed by atoms with Crippen molar-refractivity contribution in [3.8, 4) is 22.8 Å². The molecule has 4 rings (SSSR count). The molecule has 1 N–H and O–H groups in total. The van der Waals surface area contributed by atoms with E-state index >= 15 is 0 Å². The molecule has 0 bridgehead atoms. The van der Waals surface area contributed by atoms with Crippen LogP contribution in [0, 0.1) is 0 Å². The fourth-order valence-corrected chi connectivity index (χ4v) is 4.15. The van der Waals surface area contributed by atoms with Gasteiger partial charge in [0.15, 0.2) is 11.5 Å². The summed E-state index contributed by atoms with van der Waals surface area (Å²) in [5, 5.41) is 10.3. The number of rotatable bonds is 4. The van der Waals surface area contributed by atoms with Crippen LogP contribution in [0.5, 0.6) is 11.5 Å². The van der Waals surface area contributed by atoms with E-state index in [9.17, 15) is 5.11 Å². The summed E-state index contributed by atoms with van der Waals surface area (Å²) >= 11 is 0. The van der Waals surface area contributed by atoms with E-state index < -0.39 is 5.79 Å². The molecule has 0 saturated carbocycles. The molecule has 2 aromatic rings. The summed E-state index contributed by atoms with van der Waals surface area (Å²) in [6.45, 7) is 11.3. The second-order valence-corrected chi connectivity index (χ2v) is 7.61. The van der Waals surface area contributed by atoms with E-state index in [-0.39, 0.29) is 11.9 Å². The number of allylic oxidation sites excluding steroid dienone is 1. The van der Waals surface area contributed by atoms with Crippen LogP contribution < -0.4 is 4.74 Å². The summed E-state index contributed by atoms with van der Waals surface area (Å²) in [5.74, 6) is 0.777. The summed E-state index contributed by atoms with van der Waals surface area (Å²) in [6.07, 6.45) is 2.94. The first-order chi connectivity index (χ1) is 12.8. The largest absolute Gasteiger partial charge is 0.504 e. The molecule has 0 aliphatic carbocycles. The zero-order valence-electron chi connectivity index (χ0n) is 16.6.